The summed E-state index contributed by atoms with van der Waals surface area (Å²) in [7, 11) is -1.85. The minimum absolute atomic E-state index is 0.150. The van der Waals surface area contributed by atoms with Crippen LogP contribution in [0, 0.1) is 0 Å². The van der Waals surface area contributed by atoms with Gasteiger partial charge in [-0.2, -0.15) is 0 Å². The van der Waals surface area contributed by atoms with Crippen molar-refractivity contribution >= 4 is 46.7 Å². The van der Waals surface area contributed by atoms with Crippen molar-refractivity contribution in [2.75, 3.05) is 0 Å². The fourth-order valence-electron chi connectivity index (χ4n) is 2.61. The topological polar surface area (TPSA) is 67.0 Å². The van der Waals surface area contributed by atoms with Crippen molar-refractivity contribution in [3.63, 3.8) is 0 Å². The van der Waals surface area contributed by atoms with Gasteiger partial charge in [-0.05, 0) is 60.6 Å². The summed E-state index contributed by atoms with van der Waals surface area (Å²) in [4.78, 5) is 4.49. The monoisotopic (exact) mass is 474 g/mol. The summed E-state index contributed by atoms with van der Waals surface area (Å²) < 4.78 is 13.1. The second-order valence-electron chi connectivity index (χ2n) is 8.57. The number of furan rings is 1. The molecular weight excluding hydrogens is 448 g/mol. The Morgan fingerprint density at radius 2 is 1.93 bits per heavy atom. The Morgan fingerprint density at radius 3 is 2.59 bits per heavy atom. The first kappa shape index (κ1) is 21.8. The van der Waals surface area contributed by atoms with Crippen LogP contribution in [0.5, 0.6) is 0 Å². The van der Waals surface area contributed by atoms with Gasteiger partial charge in [-0.1, -0.05) is 42.8 Å². The van der Waals surface area contributed by atoms with Gasteiger partial charge in [0.2, 0.25) is 0 Å². The molecule has 0 spiro atoms. The number of aliphatic imine (C=N–C) groups is 1. The lowest BCUT2D eigenvalue weighted by Crippen LogP contribution is -2.40. The Bertz CT molecular complexity index is 1040. The number of amidine groups is 1. The highest BCUT2D eigenvalue weighted by Crippen LogP contribution is 2.37. The quantitative estimate of drug-likeness (QED) is 0.185. The molecule has 0 bridgehead atoms. The summed E-state index contributed by atoms with van der Waals surface area (Å²) in [5.41, 5.74) is 4.47. The van der Waals surface area contributed by atoms with Crippen molar-refractivity contribution in [2.45, 2.75) is 45.5 Å². The summed E-state index contributed by atoms with van der Waals surface area (Å²) >= 11 is 3.43. The van der Waals surface area contributed by atoms with Crippen molar-refractivity contribution < 1.29 is 14.1 Å². The van der Waals surface area contributed by atoms with E-state index in [-0.39, 0.29) is 5.04 Å². The number of hydrogen-bond acceptors (Lipinski definition) is 4. The third kappa shape index (κ3) is 5.16. The Balaban J connectivity index is 1.85. The maximum Gasteiger partial charge on any atom is 0.192 e. The molecule has 0 amide bonds. The molecule has 3 aromatic rings. The summed E-state index contributed by atoms with van der Waals surface area (Å²) in [5.74, 6) is 1.16. The van der Waals surface area contributed by atoms with Crippen LogP contribution in [0.1, 0.15) is 32.1 Å². The number of rotatable bonds is 5. The lowest BCUT2D eigenvalue weighted by atomic mass is 10.1. The van der Waals surface area contributed by atoms with E-state index in [0.717, 1.165) is 32.5 Å². The zero-order valence-corrected chi connectivity index (χ0v) is 20.0. The lowest BCUT2D eigenvalue weighted by Gasteiger charge is -2.35. The maximum atomic E-state index is 9.61. The molecule has 154 valence electrons. The molecule has 0 aliphatic heterocycles. The summed E-state index contributed by atoms with van der Waals surface area (Å²) in [6.07, 6.45) is 0. The van der Waals surface area contributed by atoms with E-state index >= 15 is 0 Å². The molecule has 0 aliphatic rings. The van der Waals surface area contributed by atoms with Gasteiger partial charge in [-0.25, -0.2) is 4.99 Å². The highest BCUT2D eigenvalue weighted by Gasteiger charge is 2.37. The van der Waals surface area contributed by atoms with E-state index < -0.39 is 8.32 Å². The predicted octanol–water partition coefficient (Wildman–Crippen LogP) is 6.77. The minimum atomic E-state index is -1.85. The van der Waals surface area contributed by atoms with E-state index in [1.165, 1.54) is 0 Å². The summed E-state index contributed by atoms with van der Waals surface area (Å²) in [6.45, 7) is 11.6. The van der Waals surface area contributed by atoms with Gasteiger partial charge < -0.3 is 8.84 Å². The van der Waals surface area contributed by atoms with Crippen LogP contribution < -0.4 is 5.48 Å². The van der Waals surface area contributed by atoms with Gasteiger partial charge in [-0.15, -0.1) is 0 Å². The molecule has 5 nitrogen and oxygen atoms in total. The molecule has 1 aromatic heterocycles. The van der Waals surface area contributed by atoms with Crippen molar-refractivity contribution in [1.29, 1.82) is 0 Å². The zero-order chi connectivity index (χ0) is 21.2. The molecule has 29 heavy (non-hydrogen) atoms. The molecule has 7 heteroatoms. The van der Waals surface area contributed by atoms with E-state index in [2.05, 4.69) is 60.3 Å². The molecular formula is C22H27BrN2O3Si. The van der Waals surface area contributed by atoms with E-state index in [1.54, 1.807) is 0 Å². The molecule has 0 saturated heterocycles. The van der Waals surface area contributed by atoms with E-state index in [1.807, 2.05) is 48.5 Å². The van der Waals surface area contributed by atoms with Gasteiger partial charge in [0.15, 0.2) is 14.2 Å². The summed E-state index contributed by atoms with van der Waals surface area (Å²) in [6, 6.07) is 15.2. The normalized spacial score (nSPS) is 13.1. The molecule has 1 heterocycles. The third-order valence-electron chi connectivity index (χ3n) is 5.38. The molecule has 3 rings (SSSR count). The molecule has 0 radical (unpaired) electrons. The zero-order valence-electron chi connectivity index (χ0n) is 17.4. The van der Waals surface area contributed by atoms with Crippen LogP contribution in [0.2, 0.25) is 18.1 Å². The van der Waals surface area contributed by atoms with E-state index in [9.17, 15) is 5.21 Å². The first-order chi connectivity index (χ1) is 13.6. The first-order valence-corrected chi connectivity index (χ1v) is 13.2. The largest absolute Gasteiger partial charge is 0.459 e. The SMILES string of the molecule is CC(C)(C)[Si](C)(C)OCc1cc2cc(C(=Nc3cccc(Br)c3)NO)ccc2o1. The van der Waals surface area contributed by atoms with Crippen molar-refractivity contribution in [1.82, 2.24) is 5.48 Å². The molecule has 2 aromatic carbocycles. The van der Waals surface area contributed by atoms with Crippen LogP contribution in [0.15, 0.2) is 62.4 Å². The second kappa shape index (κ2) is 8.43. The number of nitrogens with one attached hydrogen (secondary N) is 1. The predicted molar refractivity (Wildman–Crippen MR) is 123 cm³/mol. The highest BCUT2D eigenvalue weighted by molar-refractivity contribution is 9.10. The first-order valence-electron chi connectivity index (χ1n) is 9.50. The second-order valence-corrected chi connectivity index (χ2v) is 14.3. The Labute approximate surface area is 181 Å². The molecule has 0 saturated carbocycles. The molecule has 0 fully saturated rings. The Morgan fingerprint density at radius 1 is 1.17 bits per heavy atom. The van der Waals surface area contributed by atoms with Gasteiger partial charge in [0.25, 0.3) is 0 Å². The number of nitrogens with zero attached hydrogens (tertiary/aromatic N) is 1. The number of hydrogen-bond donors (Lipinski definition) is 2. The van der Waals surface area contributed by atoms with Crippen molar-refractivity contribution in [3.8, 4) is 0 Å². The number of hydroxylamine groups is 1. The van der Waals surface area contributed by atoms with Crippen LogP contribution in [0.3, 0.4) is 0 Å². The molecule has 2 N–H and O–H groups in total. The number of fused-ring (bicyclic) bond motifs is 1. The Kier molecular flexibility index (Phi) is 6.33. The van der Waals surface area contributed by atoms with Crippen LogP contribution in [0.25, 0.3) is 11.0 Å². The van der Waals surface area contributed by atoms with Crippen LogP contribution in [-0.2, 0) is 11.0 Å². The number of benzene rings is 2. The van der Waals surface area contributed by atoms with E-state index in [0.29, 0.717) is 12.4 Å². The lowest BCUT2D eigenvalue weighted by molar-refractivity contribution is 0.235. The van der Waals surface area contributed by atoms with Crippen LogP contribution in [0.4, 0.5) is 5.69 Å². The Hall–Kier alpha value is -1.93. The maximum absolute atomic E-state index is 9.61. The fourth-order valence-corrected chi connectivity index (χ4v) is 3.94. The average molecular weight is 475 g/mol. The fraction of sp³-hybridized carbons (Fsp3) is 0.318. The smallest absolute Gasteiger partial charge is 0.192 e. The van der Waals surface area contributed by atoms with Gasteiger partial charge in [0.1, 0.15) is 11.3 Å². The van der Waals surface area contributed by atoms with Gasteiger partial charge >= 0.3 is 0 Å². The summed E-state index contributed by atoms with van der Waals surface area (Å²) in [5, 5.41) is 10.7. The van der Waals surface area contributed by atoms with Crippen LogP contribution in [-0.4, -0.2) is 19.4 Å². The van der Waals surface area contributed by atoms with Gasteiger partial charge in [0, 0.05) is 15.4 Å². The third-order valence-corrected chi connectivity index (χ3v) is 10.3. The van der Waals surface area contributed by atoms with Crippen LogP contribution >= 0.6 is 15.9 Å². The number of halogens is 1. The van der Waals surface area contributed by atoms with Gasteiger partial charge in [-0.3, -0.25) is 10.7 Å². The van der Waals surface area contributed by atoms with E-state index in [4.69, 9.17) is 8.84 Å². The molecule has 0 unspecified atom stereocenters. The molecule has 0 aliphatic carbocycles. The highest BCUT2D eigenvalue weighted by atomic mass is 79.9. The minimum Gasteiger partial charge on any atom is -0.459 e. The molecule has 0 atom stereocenters. The van der Waals surface area contributed by atoms with Crippen molar-refractivity contribution in [2.24, 2.45) is 4.99 Å². The van der Waals surface area contributed by atoms with Gasteiger partial charge in [0.05, 0.1) is 12.3 Å². The average Bonchev–Trinajstić information content (AvgIpc) is 3.06. The standard InChI is InChI=1S/C22H27BrN2O3Si/c1-22(2,3)29(4,5)27-14-19-12-16-11-15(9-10-20(16)28-19)21(25-26)24-18-8-6-7-17(23)13-18/h6-13,26H,14H2,1-5H3,(H,24,25). The van der Waals surface area contributed by atoms with Crippen molar-refractivity contribution in [3.05, 3.63) is 64.3 Å².